The third-order valence-corrected chi connectivity index (χ3v) is 3.40. The Morgan fingerprint density at radius 2 is 2.00 bits per heavy atom. The third-order valence-electron chi connectivity index (χ3n) is 3.40. The van der Waals surface area contributed by atoms with Crippen molar-refractivity contribution in [3.63, 3.8) is 0 Å². The molecule has 0 unspecified atom stereocenters. The molecule has 0 aliphatic heterocycles. The summed E-state index contributed by atoms with van der Waals surface area (Å²) in [6, 6.07) is 5.65. The fourth-order valence-corrected chi connectivity index (χ4v) is 2.37. The first-order valence-corrected chi connectivity index (χ1v) is 6.25. The van der Waals surface area contributed by atoms with E-state index in [-0.39, 0.29) is 11.9 Å². The molecule has 1 saturated carbocycles. The van der Waals surface area contributed by atoms with E-state index in [1.807, 2.05) is 0 Å². The van der Waals surface area contributed by atoms with Gasteiger partial charge in [-0.1, -0.05) is 0 Å². The van der Waals surface area contributed by atoms with Crippen LogP contribution in [0.1, 0.15) is 25.7 Å². The number of benzene rings is 1. The standard InChI is InChI=1S/C13H16N2O3/c16-9-3-1-8(2-4-9)14-13-15-11-6-5-10(17)7-12(11)18-13/h5-9,16-17H,1-4H2,(H,14,15). The van der Waals surface area contributed by atoms with Crippen molar-refractivity contribution in [2.24, 2.45) is 0 Å². The van der Waals surface area contributed by atoms with E-state index in [2.05, 4.69) is 10.3 Å². The fraction of sp³-hybridized carbons (Fsp3) is 0.462. The predicted molar refractivity (Wildman–Crippen MR) is 67.6 cm³/mol. The molecule has 2 aromatic rings. The first kappa shape index (κ1) is 11.3. The molecule has 3 N–H and O–H groups in total. The second-order valence-corrected chi connectivity index (χ2v) is 4.82. The summed E-state index contributed by atoms with van der Waals surface area (Å²) >= 11 is 0. The molecule has 1 aliphatic rings. The molecule has 96 valence electrons. The summed E-state index contributed by atoms with van der Waals surface area (Å²) in [4.78, 5) is 4.32. The van der Waals surface area contributed by atoms with Gasteiger partial charge in [-0.15, -0.1) is 0 Å². The lowest BCUT2D eigenvalue weighted by Gasteiger charge is -2.25. The number of phenols is 1. The van der Waals surface area contributed by atoms with Crippen LogP contribution in [0.4, 0.5) is 6.01 Å². The van der Waals surface area contributed by atoms with Gasteiger partial charge < -0.3 is 19.9 Å². The predicted octanol–water partition coefficient (Wildman–Crippen LogP) is 2.25. The minimum Gasteiger partial charge on any atom is -0.508 e. The monoisotopic (exact) mass is 248 g/mol. The van der Waals surface area contributed by atoms with Crippen LogP contribution in [-0.2, 0) is 0 Å². The second kappa shape index (κ2) is 4.49. The highest BCUT2D eigenvalue weighted by Gasteiger charge is 2.20. The molecular weight excluding hydrogens is 232 g/mol. The Balaban J connectivity index is 1.74. The highest BCUT2D eigenvalue weighted by atomic mass is 16.4. The van der Waals surface area contributed by atoms with Crippen LogP contribution in [0.2, 0.25) is 0 Å². The lowest BCUT2D eigenvalue weighted by atomic mass is 9.93. The first-order valence-electron chi connectivity index (χ1n) is 6.25. The number of aliphatic hydroxyl groups excluding tert-OH is 1. The van der Waals surface area contributed by atoms with Crippen LogP contribution >= 0.6 is 0 Å². The van der Waals surface area contributed by atoms with Gasteiger partial charge in [-0.2, -0.15) is 4.98 Å². The summed E-state index contributed by atoms with van der Waals surface area (Å²) < 4.78 is 5.53. The number of hydrogen-bond acceptors (Lipinski definition) is 5. The van der Waals surface area contributed by atoms with Crippen molar-refractivity contribution in [3.8, 4) is 5.75 Å². The largest absolute Gasteiger partial charge is 0.508 e. The molecular formula is C13H16N2O3. The summed E-state index contributed by atoms with van der Waals surface area (Å²) in [7, 11) is 0. The normalized spacial score (nSPS) is 24.3. The van der Waals surface area contributed by atoms with Gasteiger partial charge in [0, 0.05) is 12.1 Å². The number of aliphatic hydroxyl groups is 1. The summed E-state index contributed by atoms with van der Waals surface area (Å²) in [6.07, 6.45) is 3.32. The van der Waals surface area contributed by atoms with Gasteiger partial charge in [0.2, 0.25) is 0 Å². The van der Waals surface area contributed by atoms with Crippen molar-refractivity contribution in [3.05, 3.63) is 18.2 Å². The quantitative estimate of drug-likeness (QED) is 0.759. The number of fused-ring (bicyclic) bond motifs is 1. The van der Waals surface area contributed by atoms with Crippen LogP contribution in [-0.4, -0.2) is 27.3 Å². The van der Waals surface area contributed by atoms with Crippen LogP contribution in [0.3, 0.4) is 0 Å². The molecule has 1 aromatic carbocycles. The number of phenolic OH excluding ortho intramolecular Hbond substituents is 1. The summed E-state index contributed by atoms with van der Waals surface area (Å²) in [5, 5.41) is 22.0. The first-order chi connectivity index (χ1) is 8.70. The Morgan fingerprint density at radius 1 is 1.22 bits per heavy atom. The summed E-state index contributed by atoms with van der Waals surface area (Å²) in [5.41, 5.74) is 1.31. The number of oxazole rings is 1. The zero-order valence-corrected chi connectivity index (χ0v) is 9.97. The smallest absolute Gasteiger partial charge is 0.295 e. The minimum absolute atomic E-state index is 0.163. The van der Waals surface area contributed by atoms with E-state index in [1.165, 1.54) is 0 Å². The zero-order valence-electron chi connectivity index (χ0n) is 9.97. The molecule has 0 amide bonds. The van der Waals surface area contributed by atoms with E-state index < -0.39 is 0 Å². The van der Waals surface area contributed by atoms with Gasteiger partial charge >= 0.3 is 0 Å². The van der Waals surface area contributed by atoms with Crippen LogP contribution < -0.4 is 5.32 Å². The molecule has 0 radical (unpaired) electrons. The van der Waals surface area contributed by atoms with E-state index >= 15 is 0 Å². The average Bonchev–Trinajstić information content (AvgIpc) is 2.73. The van der Waals surface area contributed by atoms with Crippen molar-refractivity contribution in [2.45, 2.75) is 37.8 Å². The Kier molecular flexibility index (Phi) is 2.83. The molecule has 1 heterocycles. The number of nitrogens with one attached hydrogen (secondary N) is 1. The van der Waals surface area contributed by atoms with Gasteiger partial charge in [-0.05, 0) is 37.8 Å². The highest BCUT2D eigenvalue weighted by Crippen LogP contribution is 2.26. The Morgan fingerprint density at radius 3 is 2.78 bits per heavy atom. The number of anilines is 1. The fourth-order valence-electron chi connectivity index (χ4n) is 2.37. The van der Waals surface area contributed by atoms with Crippen molar-refractivity contribution in [1.29, 1.82) is 0 Å². The zero-order chi connectivity index (χ0) is 12.5. The van der Waals surface area contributed by atoms with Crippen LogP contribution in [0.25, 0.3) is 11.1 Å². The summed E-state index contributed by atoms with van der Waals surface area (Å²) in [6.45, 7) is 0. The van der Waals surface area contributed by atoms with E-state index in [1.54, 1.807) is 18.2 Å². The molecule has 0 bridgehead atoms. The van der Waals surface area contributed by atoms with E-state index in [9.17, 15) is 10.2 Å². The number of rotatable bonds is 2. The van der Waals surface area contributed by atoms with Gasteiger partial charge in [0.25, 0.3) is 6.01 Å². The number of nitrogens with zero attached hydrogens (tertiary/aromatic N) is 1. The number of aromatic nitrogens is 1. The lowest BCUT2D eigenvalue weighted by Crippen LogP contribution is -2.28. The lowest BCUT2D eigenvalue weighted by molar-refractivity contribution is 0.125. The maximum atomic E-state index is 9.44. The second-order valence-electron chi connectivity index (χ2n) is 4.82. The summed E-state index contributed by atoms with van der Waals surface area (Å²) in [5.74, 6) is 0.172. The van der Waals surface area contributed by atoms with E-state index in [0.29, 0.717) is 17.6 Å². The van der Waals surface area contributed by atoms with Crippen molar-refractivity contribution >= 4 is 17.1 Å². The van der Waals surface area contributed by atoms with Gasteiger partial charge in [0.15, 0.2) is 5.58 Å². The topological polar surface area (TPSA) is 78.5 Å². The van der Waals surface area contributed by atoms with Crippen LogP contribution in [0, 0.1) is 0 Å². The molecule has 0 spiro atoms. The van der Waals surface area contributed by atoms with Crippen molar-refractivity contribution < 1.29 is 14.6 Å². The molecule has 1 aromatic heterocycles. The van der Waals surface area contributed by atoms with E-state index in [0.717, 1.165) is 31.2 Å². The van der Waals surface area contributed by atoms with Crippen LogP contribution in [0.15, 0.2) is 22.6 Å². The Bertz CT molecular complexity index is 544. The molecule has 0 atom stereocenters. The number of hydrogen-bond donors (Lipinski definition) is 3. The maximum absolute atomic E-state index is 9.44. The molecule has 1 aliphatic carbocycles. The number of aromatic hydroxyl groups is 1. The minimum atomic E-state index is -0.163. The molecule has 5 heteroatoms. The Labute approximate surface area is 104 Å². The molecule has 1 fully saturated rings. The average molecular weight is 248 g/mol. The van der Waals surface area contributed by atoms with Gasteiger partial charge in [-0.3, -0.25) is 0 Å². The molecule has 5 nitrogen and oxygen atoms in total. The van der Waals surface area contributed by atoms with Crippen molar-refractivity contribution in [2.75, 3.05) is 5.32 Å². The Hall–Kier alpha value is -1.75. The van der Waals surface area contributed by atoms with Crippen molar-refractivity contribution in [1.82, 2.24) is 4.98 Å². The molecule has 0 saturated heterocycles. The van der Waals surface area contributed by atoms with Crippen LogP contribution in [0.5, 0.6) is 5.75 Å². The molecule has 3 rings (SSSR count). The molecule has 18 heavy (non-hydrogen) atoms. The SMILES string of the molecule is Oc1ccc2nc(NC3CCC(O)CC3)oc2c1. The van der Waals surface area contributed by atoms with Gasteiger partial charge in [0.1, 0.15) is 11.3 Å². The van der Waals surface area contributed by atoms with Gasteiger partial charge in [0.05, 0.1) is 6.10 Å². The van der Waals surface area contributed by atoms with Gasteiger partial charge in [-0.25, -0.2) is 0 Å². The van der Waals surface area contributed by atoms with E-state index in [4.69, 9.17) is 4.42 Å². The third kappa shape index (κ3) is 2.26. The maximum Gasteiger partial charge on any atom is 0.295 e. The highest BCUT2D eigenvalue weighted by molar-refractivity contribution is 5.76.